The number of ether oxygens (including phenoxy) is 1. The Labute approximate surface area is 118 Å². The number of pyridine rings is 2. The molecule has 1 unspecified atom stereocenters. The number of anilines is 1. The summed E-state index contributed by atoms with van der Waals surface area (Å²) in [7, 11) is 1.62. The number of aromatic nitrogens is 2. The Morgan fingerprint density at radius 1 is 1.40 bits per heavy atom. The molecule has 0 bridgehead atoms. The van der Waals surface area contributed by atoms with Crippen LogP contribution in [0.2, 0.25) is 0 Å². The molecule has 2 aromatic heterocycles. The van der Waals surface area contributed by atoms with Gasteiger partial charge in [-0.3, -0.25) is 9.78 Å². The Morgan fingerprint density at radius 2 is 2.25 bits per heavy atom. The normalized spacial score (nSPS) is 12.1. The van der Waals surface area contributed by atoms with Crippen LogP contribution in [0.25, 0.3) is 0 Å². The molecule has 0 fully saturated rings. The van der Waals surface area contributed by atoms with Gasteiger partial charge in [0.2, 0.25) is 0 Å². The molecule has 2 rings (SSSR count). The predicted octanol–water partition coefficient (Wildman–Crippen LogP) is 2.06. The third-order valence-electron chi connectivity index (χ3n) is 3.09. The first-order valence-corrected chi connectivity index (χ1v) is 6.56. The highest BCUT2D eigenvalue weighted by Gasteiger charge is 2.06. The van der Waals surface area contributed by atoms with Crippen molar-refractivity contribution < 1.29 is 4.74 Å². The monoisotopic (exact) mass is 273 g/mol. The predicted molar refractivity (Wildman–Crippen MR) is 78.9 cm³/mol. The summed E-state index contributed by atoms with van der Waals surface area (Å²) in [4.78, 5) is 15.8. The van der Waals surface area contributed by atoms with E-state index >= 15 is 0 Å². The minimum absolute atomic E-state index is 0.0263. The average molecular weight is 273 g/mol. The maximum Gasteiger partial charge on any atom is 0.250 e. The van der Waals surface area contributed by atoms with E-state index in [9.17, 15) is 4.79 Å². The Morgan fingerprint density at radius 3 is 2.95 bits per heavy atom. The number of nitrogens with one attached hydrogen (secondary N) is 1. The van der Waals surface area contributed by atoms with Gasteiger partial charge in [-0.15, -0.1) is 0 Å². The van der Waals surface area contributed by atoms with Gasteiger partial charge in [-0.2, -0.15) is 0 Å². The Kier molecular flexibility index (Phi) is 4.90. The van der Waals surface area contributed by atoms with Gasteiger partial charge in [0.1, 0.15) is 0 Å². The van der Waals surface area contributed by atoms with Gasteiger partial charge in [0.25, 0.3) is 5.56 Å². The average Bonchev–Trinajstić information content (AvgIpc) is 2.48. The Hall–Kier alpha value is -2.14. The van der Waals surface area contributed by atoms with Crippen molar-refractivity contribution in [1.82, 2.24) is 9.55 Å². The van der Waals surface area contributed by atoms with Crippen LogP contribution in [0.5, 0.6) is 0 Å². The fourth-order valence-electron chi connectivity index (χ4n) is 1.95. The topological polar surface area (TPSA) is 56.1 Å². The molecule has 0 aliphatic heterocycles. The molecule has 2 aromatic rings. The number of hydrogen-bond donors (Lipinski definition) is 1. The van der Waals surface area contributed by atoms with Crippen LogP contribution in [0.1, 0.15) is 18.5 Å². The van der Waals surface area contributed by atoms with E-state index in [1.165, 1.54) is 0 Å². The molecule has 0 spiro atoms. The SMILES string of the molecule is COCCn1cc(NC(C)c2cccnc2)ccc1=O. The van der Waals surface area contributed by atoms with Crippen molar-refractivity contribution in [3.63, 3.8) is 0 Å². The van der Waals surface area contributed by atoms with Crippen LogP contribution in [0, 0.1) is 0 Å². The summed E-state index contributed by atoms with van der Waals surface area (Å²) in [5, 5.41) is 3.36. The third-order valence-corrected chi connectivity index (χ3v) is 3.09. The van der Waals surface area contributed by atoms with Crippen LogP contribution in [0.4, 0.5) is 5.69 Å². The van der Waals surface area contributed by atoms with E-state index in [0.29, 0.717) is 13.2 Å². The lowest BCUT2D eigenvalue weighted by Gasteiger charge is -2.16. The minimum Gasteiger partial charge on any atom is -0.383 e. The maximum absolute atomic E-state index is 11.7. The zero-order valence-corrected chi connectivity index (χ0v) is 11.7. The largest absolute Gasteiger partial charge is 0.383 e. The maximum atomic E-state index is 11.7. The van der Waals surface area contributed by atoms with Gasteiger partial charge in [-0.1, -0.05) is 6.07 Å². The van der Waals surface area contributed by atoms with Gasteiger partial charge in [0.15, 0.2) is 0 Å². The second-order valence-corrected chi connectivity index (χ2v) is 4.59. The first-order valence-electron chi connectivity index (χ1n) is 6.56. The Bertz CT molecular complexity index is 596. The zero-order valence-electron chi connectivity index (χ0n) is 11.7. The van der Waals surface area contributed by atoms with Crippen molar-refractivity contribution in [2.45, 2.75) is 19.5 Å². The van der Waals surface area contributed by atoms with Crippen LogP contribution in [0.3, 0.4) is 0 Å². The molecule has 106 valence electrons. The summed E-state index contributed by atoms with van der Waals surface area (Å²) in [5.41, 5.74) is 1.97. The van der Waals surface area contributed by atoms with Crippen LogP contribution < -0.4 is 10.9 Å². The standard InChI is InChI=1S/C15H19N3O2/c1-12(13-4-3-7-16-10-13)17-14-5-6-15(19)18(11-14)8-9-20-2/h3-7,10-12,17H,8-9H2,1-2H3. The fourth-order valence-corrected chi connectivity index (χ4v) is 1.95. The van der Waals surface area contributed by atoms with Crippen LogP contribution >= 0.6 is 0 Å². The summed E-state index contributed by atoms with van der Waals surface area (Å²) in [5.74, 6) is 0. The lowest BCUT2D eigenvalue weighted by atomic mass is 10.1. The fraction of sp³-hybridized carbons (Fsp3) is 0.333. The molecule has 5 nitrogen and oxygen atoms in total. The second-order valence-electron chi connectivity index (χ2n) is 4.59. The van der Waals surface area contributed by atoms with Gasteiger partial charge in [-0.05, 0) is 24.6 Å². The molecule has 5 heteroatoms. The van der Waals surface area contributed by atoms with Gasteiger partial charge in [-0.25, -0.2) is 0 Å². The van der Waals surface area contributed by atoms with Crippen molar-refractivity contribution in [1.29, 1.82) is 0 Å². The van der Waals surface area contributed by atoms with Crippen molar-refractivity contribution in [2.24, 2.45) is 0 Å². The summed E-state index contributed by atoms with van der Waals surface area (Å²) < 4.78 is 6.64. The molecule has 0 saturated carbocycles. The number of hydrogen-bond acceptors (Lipinski definition) is 4. The van der Waals surface area contributed by atoms with Gasteiger partial charge >= 0.3 is 0 Å². The molecule has 20 heavy (non-hydrogen) atoms. The van der Waals surface area contributed by atoms with Gasteiger partial charge < -0.3 is 14.6 Å². The van der Waals surface area contributed by atoms with E-state index in [1.54, 1.807) is 30.0 Å². The lowest BCUT2D eigenvalue weighted by Crippen LogP contribution is -2.21. The molecule has 0 radical (unpaired) electrons. The first-order chi connectivity index (χ1) is 9.70. The van der Waals surface area contributed by atoms with E-state index in [0.717, 1.165) is 11.3 Å². The molecule has 0 aliphatic carbocycles. The molecule has 2 heterocycles. The van der Waals surface area contributed by atoms with E-state index in [2.05, 4.69) is 17.2 Å². The minimum atomic E-state index is -0.0263. The summed E-state index contributed by atoms with van der Waals surface area (Å²) >= 11 is 0. The molecule has 1 N–H and O–H groups in total. The summed E-state index contributed by atoms with van der Waals surface area (Å²) in [6.45, 7) is 3.12. The number of rotatable bonds is 6. The molecular formula is C15H19N3O2. The molecule has 0 aliphatic rings. The van der Waals surface area contributed by atoms with Crippen molar-refractivity contribution in [3.8, 4) is 0 Å². The highest BCUT2D eigenvalue weighted by molar-refractivity contribution is 5.42. The lowest BCUT2D eigenvalue weighted by molar-refractivity contribution is 0.186. The van der Waals surface area contributed by atoms with E-state index in [-0.39, 0.29) is 11.6 Å². The molecule has 0 saturated heterocycles. The van der Waals surface area contributed by atoms with E-state index in [1.807, 2.05) is 24.5 Å². The van der Waals surface area contributed by atoms with Crippen molar-refractivity contribution in [3.05, 3.63) is 58.8 Å². The number of nitrogens with zero attached hydrogens (tertiary/aromatic N) is 2. The van der Waals surface area contributed by atoms with Gasteiger partial charge in [0.05, 0.1) is 18.3 Å². The molecular weight excluding hydrogens is 254 g/mol. The summed E-state index contributed by atoms with van der Waals surface area (Å²) in [6, 6.07) is 7.41. The number of methoxy groups -OCH3 is 1. The van der Waals surface area contributed by atoms with E-state index < -0.39 is 0 Å². The zero-order chi connectivity index (χ0) is 14.4. The molecule has 1 atom stereocenters. The molecule has 0 amide bonds. The smallest absolute Gasteiger partial charge is 0.250 e. The van der Waals surface area contributed by atoms with Crippen LogP contribution in [0.15, 0.2) is 47.7 Å². The van der Waals surface area contributed by atoms with Crippen LogP contribution in [-0.2, 0) is 11.3 Å². The van der Waals surface area contributed by atoms with Crippen molar-refractivity contribution in [2.75, 3.05) is 19.0 Å². The van der Waals surface area contributed by atoms with Crippen molar-refractivity contribution >= 4 is 5.69 Å². The van der Waals surface area contributed by atoms with Crippen LogP contribution in [-0.4, -0.2) is 23.3 Å². The Balaban J connectivity index is 2.11. The van der Waals surface area contributed by atoms with E-state index in [4.69, 9.17) is 4.74 Å². The first kappa shape index (κ1) is 14.3. The highest BCUT2D eigenvalue weighted by Crippen LogP contribution is 2.17. The van der Waals surface area contributed by atoms with Gasteiger partial charge in [0, 0.05) is 38.3 Å². The second kappa shape index (κ2) is 6.86. The summed E-state index contributed by atoms with van der Waals surface area (Å²) in [6.07, 6.45) is 5.40. The third kappa shape index (κ3) is 3.68. The highest BCUT2D eigenvalue weighted by atomic mass is 16.5. The quantitative estimate of drug-likeness (QED) is 0.875. The molecule has 0 aromatic carbocycles.